The van der Waals surface area contributed by atoms with E-state index in [4.69, 9.17) is 18.9 Å². The van der Waals surface area contributed by atoms with Crippen LogP contribution in [0.5, 0.6) is 0 Å². The fourth-order valence-corrected chi connectivity index (χ4v) is 9.56. The maximum atomic E-state index is 12.7. The summed E-state index contributed by atoms with van der Waals surface area (Å²) in [6.07, 6.45) is 46.0. The Labute approximate surface area is 435 Å². The van der Waals surface area contributed by atoms with Crippen LogP contribution in [0.15, 0.2) is 0 Å². The Bertz CT molecular complexity index is 1000. The lowest BCUT2D eigenvalue weighted by molar-refractivity contribution is -0.146. The minimum absolute atomic E-state index is 0.00942. The van der Waals surface area contributed by atoms with Crippen LogP contribution in [0.25, 0.3) is 0 Å². The fourth-order valence-electron chi connectivity index (χ4n) is 9.56. The second-order valence-electron chi connectivity index (χ2n) is 21.5. The van der Waals surface area contributed by atoms with Crippen molar-refractivity contribution < 1.29 is 38.7 Å². The van der Waals surface area contributed by atoms with Gasteiger partial charge in [0.25, 0.3) is 0 Å². The van der Waals surface area contributed by atoms with Crippen LogP contribution in [0.4, 0.5) is 0 Å². The van der Waals surface area contributed by atoms with Crippen LogP contribution in [0.2, 0.25) is 0 Å². The van der Waals surface area contributed by atoms with Gasteiger partial charge in [-0.3, -0.25) is 9.59 Å². The molecule has 0 spiro atoms. The van der Waals surface area contributed by atoms with Crippen molar-refractivity contribution in [3.8, 4) is 0 Å². The fraction of sp³-hybridized carbons (Fsp3) is 0.967. The summed E-state index contributed by atoms with van der Waals surface area (Å²) in [5.41, 5.74) is 0. The second kappa shape index (κ2) is 55.5. The molecule has 0 saturated carbocycles. The van der Waals surface area contributed by atoms with Crippen molar-refractivity contribution in [1.82, 2.24) is 4.90 Å². The highest BCUT2D eigenvalue weighted by Gasteiger charge is 2.17. The second-order valence-corrected chi connectivity index (χ2v) is 21.5. The van der Waals surface area contributed by atoms with Crippen LogP contribution in [0.1, 0.15) is 298 Å². The van der Waals surface area contributed by atoms with Crippen LogP contribution < -0.4 is 0 Å². The summed E-state index contributed by atoms with van der Waals surface area (Å²) in [4.78, 5) is 28.1. The summed E-state index contributed by atoms with van der Waals surface area (Å²) < 4.78 is 23.0. The molecule has 0 amide bonds. The molecule has 0 aliphatic carbocycles. The van der Waals surface area contributed by atoms with Crippen LogP contribution in [-0.4, -0.2) is 98.5 Å². The number of nitrogens with zero attached hydrogens (tertiary/aromatic N) is 1. The van der Waals surface area contributed by atoms with Crippen molar-refractivity contribution in [1.29, 1.82) is 0 Å². The number of carbonyl (C=O) groups excluding carboxylic acids is 2. The number of hydrogen-bond donors (Lipinski definition) is 2. The van der Waals surface area contributed by atoms with E-state index in [0.717, 1.165) is 103 Å². The van der Waals surface area contributed by atoms with E-state index in [0.29, 0.717) is 51.1 Å². The standard InChI is InChI=1S/C61H121NO8/c1-6-11-16-20-24-32-43-56(41-30-18-13-8-3)52-69-60(65)45-34-26-22-28-36-47-62(49-38-40-51-68-55-59(64)58(63)54-67-50-39-15-10-5)48-37-29-23-27-35-46-61(66)70-53-57(42-31-19-14-9-4)44-33-25-21-17-12-7-2/h56-59,63-64H,6-55H2,1-5H3. The van der Waals surface area contributed by atoms with Crippen molar-refractivity contribution in [2.24, 2.45) is 11.8 Å². The highest BCUT2D eigenvalue weighted by molar-refractivity contribution is 5.69. The van der Waals surface area contributed by atoms with Gasteiger partial charge in [-0.05, 0) is 102 Å². The maximum absolute atomic E-state index is 12.7. The van der Waals surface area contributed by atoms with Crippen LogP contribution in [0.3, 0.4) is 0 Å². The molecule has 4 unspecified atom stereocenters. The van der Waals surface area contributed by atoms with Crippen LogP contribution in [0, 0.1) is 11.8 Å². The summed E-state index contributed by atoms with van der Waals surface area (Å²) in [5.74, 6) is 1.01. The first-order valence-corrected chi connectivity index (χ1v) is 30.9. The molecule has 418 valence electrons. The largest absolute Gasteiger partial charge is 0.465 e. The summed E-state index contributed by atoms with van der Waals surface area (Å²) in [7, 11) is 0. The Morgan fingerprint density at radius 3 is 0.986 bits per heavy atom. The highest BCUT2D eigenvalue weighted by Crippen LogP contribution is 2.22. The highest BCUT2D eigenvalue weighted by atomic mass is 16.5. The van der Waals surface area contributed by atoms with Crippen molar-refractivity contribution >= 4 is 11.9 Å². The normalized spacial score (nSPS) is 13.5. The van der Waals surface area contributed by atoms with Gasteiger partial charge in [0.1, 0.15) is 12.2 Å². The molecule has 0 aromatic carbocycles. The molecule has 0 rings (SSSR count). The number of carbonyl (C=O) groups is 2. The molecule has 0 saturated heterocycles. The van der Waals surface area contributed by atoms with Gasteiger partial charge in [-0.15, -0.1) is 0 Å². The summed E-state index contributed by atoms with van der Waals surface area (Å²) in [5, 5.41) is 20.6. The summed E-state index contributed by atoms with van der Waals surface area (Å²) in [6.45, 7) is 17.0. The van der Waals surface area contributed by atoms with Crippen molar-refractivity contribution in [2.45, 2.75) is 310 Å². The Morgan fingerprint density at radius 1 is 0.343 bits per heavy atom. The van der Waals surface area contributed by atoms with Crippen LogP contribution in [-0.2, 0) is 28.5 Å². The molecule has 0 aromatic heterocycles. The summed E-state index contributed by atoms with van der Waals surface area (Å²) in [6, 6.07) is 0. The van der Waals surface area contributed by atoms with E-state index < -0.39 is 12.2 Å². The van der Waals surface area contributed by atoms with Gasteiger partial charge in [0.15, 0.2) is 0 Å². The number of hydrogen-bond acceptors (Lipinski definition) is 9. The van der Waals surface area contributed by atoms with Gasteiger partial charge >= 0.3 is 11.9 Å². The molecule has 0 heterocycles. The smallest absolute Gasteiger partial charge is 0.305 e. The van der Waals surface area contributed by atoms with E-state index in [1.807, 2.05) is 0 Å². The minimum atomic E-state index is -0.937. The predicted molar refractivity (Wildman–Crippen MR) is 297 cm³/mol. The number of ether oxygens (including phenoxy) is 4. The minimum Gasteiger partial charge on any atom is -0.465 e. The molecule has 0 bridgehead atoms. The zero-order valence-corrected chi connectivity index (χ0v) is 47.5. The average molecular weight is 997 g/mol. The molecule has 0 fully saturated rings. The number of rotatable bonds is 58. The predicted octanol–water partition coefficient (Wildman–Crippen LogP) is 16.5. The average Bonchev–Trinajstić information content (AvgIpc) is 3.36. The molecule has 0 radical (unpaired) electrons. The third kappa shape index (κ3) is 49.0. The lowest BCUT2D eigenvalue weighted by atomic mass is 9.95. The number of esters is 2. The lowest BCUT2D eigenvalue weighted by Gasteiger charge is -2.22. The first-order valence-electron chi connectivity index (χ1n) is 30.9. The van der Waals surface area contributed by atoms with Gasteiger partial charge in [-0.25, -0.2) is 0 Å². The molecule has 2 N–H and O–H groups in total. The van der Waals surface area contributed by atoms with Crippen LogP contribution >= 0.6 is 0 Å². The molecule has 0 aromatic rings. The summed E-state index contributed by atoms with van der Waals surface area (Å²) >= 11 is 0. The monoisotopic (exact) mass is 996 g/mol. The Hall–Kier alpha value is -1.26. The van der Waals surface area contributed by atoms with E-state index >= 15 is 0 Å². The van der Waals surface area contributed by atoms with E-state index in [2.05, 4.69) is 39.5 Å². The first-order chi connectivity index (χ1) is 34.3. The topological polar surface area (TPSA) is 115 Å². The van der Waals surface area contributed by atoms with E-state index in [1.54, 1.807) is 0 Å². The van der Waals surface area contributed by atoms with Crippen molar-refractivity contribution in [3.63, 3.8) is 0 Å². The molecule has 9 heteroatoms. The third-order valence-electron chi connectivity index (χ3n) is 14.5. The van der Waals surface area contributed by atoms with Gasteiger partial charge < -0.3 is 34.1 Å². The number of aliphatic hydroxyl groups is 2. The Kier molecular flexibility index (Phi) is 54.5. The third-order valence-corrected chi connectivity index (χ3v) is 14.5. The number of unbranched alkanes of at least 4 members (excludes halogenated alkanes) is 27. The zero-order chi connectivity index (χ0) is 51.2. The molecular formula is C61H121NO8. The van der Waals surface area contributed by atoms with E-state index in [-0.39, 0.29) is 25.2 Å². The Balaban J connectivity index is 4.71. The van der Waals surface area contributed by atoms with Gasteiger partial charge in [0.05, 0.1) is 26.4 Å². The molecular weight excluding hydrogens is 875 g/mol. The van der Waals surface area contributed by atoms with E-state index in [9.17, 15) is 19.8 Å². The van der Waals surface area contributed by atoms with Gasteiger partial charge in [-0.1, -0.05) is 214 Å². The van der Waals surface area contributed by atoms with Crippen molar-refractivity contribution in [3.05, 3.63) is 0 Å². The zero-order valence-electron chi connectivity index (χ0n) is 47.5. The van der Waals surface area contributed by atoms with Gasteiger partial charge in [-0.2, -0.15) is 0 Å². The quantitative estimate of drug-likeness (QED) is 0.0454. The molecule has 9 nitrogen and oxygen atoms in total. The molecule has 70 heavy (non-hydrogen) atoms. The lowest BCUT2D eigenvalue weighted by Crippen LogP contribution is -2.34. The maximum Gasteiger partial charge on any atom is 0.305 e. The van der Waals surface area contributed by atoms with Gasteiger partial charge in [0.2, 0.25) is 0 Å². The number of aliphatic hydroxyl groups excluding tert-OH is 2. The molecule has 0 aliphatic heterocycles. The first kappa shape index (κ1) is 68.7. The van der Waals surface area contributed by atoms with Gasteiger partial charge in [0, 0.05) is 26.1 Å². The van der Waals surface area contributed by atoms with E-state index in [1.165, 1.54) is 167 Å². The molecule has 0 aliphatic rings. The van der Waals surface area contributed by atoms with Crippen molar-refractivity contribution in [2.75, 3.05) is 59.3 Å². The molecule has 4 atom stereocenters. The SMILES string of the molecule is CCCCCCCCC(CCCCCC)COC(=O)CCCCCCCN(CCCCCCCC(=O)OCC(CCCCCC)CCCCCCCC)CCCCOCC(O)C(O)COCCCCC. The Morgan fingerprint density at radius 2 is 0.614 bits per heavy atom.